The van der Waals surface area contributed by atoms with Crippen molar-refractivity contribution in [3.63, 3.8) is 0 Å². The van der Waals surface area contributed by atoms with Gasteiger partial charge in [-0.25, -0.2) is 0 Å². The molecule has 0 aromatic heterocycles. The van der Waals surface area contributed by atoms with Crippen LogP contribution in [0.1, 0.15) is 121 Å². The average molecular weight is 600 g/mol. The first-order chi connectivity index (χ1) is 17.7. The number of benzene rings is 2. The minimum absolute atomic E-state index is 0.117. The number of hydrogen-bond donors (Lipinski definition) is 0. The average Bonchev–Trinajstić information content (AvgIpc) is 3.17. The van der Waals surface area contributed by atoms with Gasteiger partial charge in [0.25, 0.3) is 0 Å². The molecule has 0 N–H and O–H groups in total. The largest absolute Gasteiger partial charge is 0.493 e. The zero-order valence-electron chi connectivity index (χ0n) is 22.8. The van der Waals surface area contributed by atoms with E-state index < -0.39 is 0 Å². The number of halogens is 1. The van der Waals surface area contributed by atoms with Gasteiger partial charge < -0.3 is 9.31 Å². The van der Waals surface area contributed by atoms with E-state index >= 15 is 0 Å². The third kappa shape index (κ3) is 6.77. The molecular formula is C32H46BIO2. The van der Waals surface area contributed by atoms with Crippen LogP contribution in [0, 0.1) is 3.57 Å². The summed E-state index contributed by atoms with van der Waals surface area (Å²) in [6, 6.07) is 14.2. The van der Waals surface area contributed by atoms with E-state index in [2.05, 4.69) is 72.8 Å². The Morgan fingerprint density at radius 1 is 0.694 bits per heavy atom. The quantitative estimate of drug-likeness (QED) is 0.115. The van der Waals surface area contributed by atoms with Gasteiger partial charge in [-0.15, -0.1) is 0 Å². The monoisotopic (exact) mass is 600 g/mol. The van der Waals surface area contributed by atoms with Crippen molar-refractivity contribution in [2.24, 2.45) is 0 Å². The number of unbranched alkanes of at least 4 members (excludes halogenated alkanes) is 10. The molecule has 1 aliphatic carbocycles. The molecule has 2 aromatic carbocycles. The summed E-state index contributed by atoms with van der Waals surface area (Å²) in [6.07, 6.45) is 19.7. The van der Waals surface area contributed by atoms with Crippen molar-refractivity contribution in [3.05, 3.63) is 51.1 Å². The van der Waals surface area contributed by atoms with Gasteiger partial charge in [0.1, 0.15) is 0 Å². The molecule has 0 unspecified atom stereocenters. The molecule has 0 saturated carbocycles. The molecule has 1 heterocycles. The summed E-state index contributed by atoms with van der Waals surface area (Å²) in [5, 5.41) is 0. The molecular weight excluding hydrogens is 554 g/mol. The van der Waals surface area contributed by atoms with Crippen LogP contribution in [0.15, 0.2) is 36.4 Å². The molecule has 2 aromatic rings. The summed E-state index contributed by atoms with van der Waals surface area (Å²) in [4.78, 5) is 0. The van der Waals surface area contributed by atoms with Crippen LogP contribution in [-0.2, 0) is 14.7 Å². The Kier molecular flexibility index (Phi) is 11.2. The van der Waals surface area contributed by atoms with Crippen LogP contribution in [0.5, 0.6) is 0 Å². The van der Waals surface area contributed by atoms with Crippen LogP contribution in [0.25, 0.3) is 11.1 Å². The third-order valence-electron chi connectivity index (χ3n) is 8.36. The van der Waals surface area contributed by atoms with E-state index in [9.17, 15) is 0 Å². The molecule has 1 aliphatic heterocycles. The smallest absolute Gasteiger partial charge is 0.407 e. The minimum Gasteiger partial charge on any atom is -0.407 e. The Morgan fingerprint density at radius 2 is 1.22 bits per heavy atom. The molecule has 1 saturated heterocycles. The van der Waals surface area contributed by atoms with E-state index in [1.165, 1.54) is 116 Å². The molecule has 36 heavy (non-hydrogen) atoms. The van der Waals surface area contributed by atoms with Crippen molar-refractivity contribution < 1.29 is 9.31 Å². The summed E-state index contributed by atoms with van der Waals surface area (Å²) in [5.41, 5.74) is 7.33. The number of hydrogen-bond acceptors (Lipinski definition) is 2. The van der Waals surface area contributed by atoms with Crippen molar-refractivity contribution >= 4 is 35.2 Å². The highest BCUT2D eigenvalue weighted by Gasteiger charge is 2.43. The Morgan fingerprint density at radius 3 is 1.83 bits per heavy atom. The third-order valence-corrected chi connectivity index (χ3v) is 9.03. The molecule has 0 atom stereocenters. The first-order valence-electron chi connectivity index (χ1n) is 14.9. The summed E-state index contributed by atoms with van der Waals surface area (Å²) >= 11 is 2.51. The van der Waals surface area contributed by atoms with Crippen molar-refractivity contribution in [2.75, 3.05) is 13.2 Å². The second kappa shape index (κ2) is 14.3. The Balaban J connectivity index is 1.64. The molecule has 1 fully saturated rings. The van der Waals surface area contributed by atoms with E-state index in [0.717, 1.165) is 19.6 Å². The van der Waals surface area contributed by atoms with Gasteiger partial charge in [-0.05, 0) is 81.7 Å². The summed E-state index contributed by atoms with van der Waals surface area (Å²) in [5.74, 6) is 0. The predicted molar refractivity (Wildman–Crippen MR) is 163 cm³/mol. The van der Waals surface area contributed by atoms with Gasteiger partial charge in [-0.2, -0.15) is 0 Å². The summed E-state index contributed by atoms with van der Waals surface area (Å²) < 4.78 is 13.4. The van der Waals surface area contributed by atoms with Crippen molar-refractivity contribution in [2.45, 2.75) is 116 Å². The lowest BCUT2D eigenvalue weighted by atomic mass is 9.68. The highest BCUT2D eigenvalue weighted by atomic mass is 127. The lowest BCUT2D eigenvalue weighted by Gasteiger charge is -2.33. The van der Waals surface area contributed by atoms with Crippen molar-refractivity contribution in [1.82, 2.24) is 0 Å². The second-order valence-electron chi connectivity index (χ2n) is 11.0. The van der Waals surface area contributed by atoms with Crippen molar-refractivity contribution in [1.29, 1.82) is 0 Å². The summed E-state index contributed by atoms with van der Waals surface area (Å²) in [6.45, 7) is 6.20. The summed E-state index contributed by atoms with van der Waals surface area (Å²) in [7, 11) is -0.214. The molecule has 2 nitrogen and oxygen atoms in total. The number of fused-ring (bicyclic) bond motifs is 3. The molecule has 4 heteroatoms. The fourth-order valence-corrected chi connectivity index (χ4v) is 6.88. The van der Waals surface area contributed by atoms with Crippen LogP contribution < -0.4 is 5.46 Å². The second-order valence-corrected chi connectivity index (χ2v) is 12.3. The molecule has 196 valence electrons. The maximum atomic E-state index is 6.04. The normalized spacial score (nSPS) is 16.2. The number of rotatable bonds is 15. The Bertz CT molecular complexity index is 937. The standard InChI is InChI=1S/C32H46BIO2/c1-3-5-7-9-11-13-20-32(21-14-12-10-8-6-4-2)30-24-26(33-35-22-15-23-36-33)16-18-28(30)29-19-17-27(34)25-31(29)32/h16-19,24-25H,3-15,20-23H2,1-2H3. The molecule has 4 rings (SSSR count). The fraction of sp³-hybridized carbons (Fsp3) is 0.625. The van der Waals surface area contributed by atoms with Gasteiger partial charge in [0.15, 0.2) is 0 Å². The van der Waals surface area contributed by atoms with E-state index in [1.807, 2.05) is 0 Å². The van der Waals surface area contributed by atoms with Crippen LogP contribution in [0.2, 0.25) is 0 Å². The van der Waals surface area contributed by atoms with Crippen LogP contribution in [-0.4, -0.2) is 20.3 Å². The lowest BCUT2D eigenvalue weighted by molar-refractivity contribution is 0.143. The van der Waals surface area contributed by atoms with Crippen LogP contribution >= 0.6 is 22.6 Å². The van der Waals surface area contributed by atoms with Gasteiger partial charge in [-0.1, -0.05) is 115 Å². The molecule has 0 radical (unpaired) electrons. The predicted octanol–water partition coefficient (Wildman–Crippen LogP) is 9.19. The maximum absolute atomic E-state index is 6.04. The van der Waals surface area contributed by atoms with Gasteiger partial charge in [0, 0.05) is 22.2 Å². The molecule has 2 aliphatic rings. The zero-order valence-corrected chi connectivity index (χ0v) is 24.9. The van der Waals surface area contributed by atoms with E-state index in [0.29, 0.717) is 0 Å². The zero-order chi connectivity index (χ0) is 25.2. The molecule has 0 bridgehead atoms. The Hall–Kier alpha value is -0.845. The van der Waals surface area contributed by atoms with Gasteiger partial charge in [-0.3, -0.25) is 0 Å². The van der Waals surface area contributed by atoms with E-state index in [-0.39, 0.29) is 12.5 Å². The first-order valence-corrected chi connectivity index (χ1v) is 16.0. The van der Waals surface area contributed by atoms with Gasteiger partial charge in [0.05, 0.1) is 0 Å². The van der Waals surface area contributed by atoms with Crippen molar-refractivity contribution in [3.8, 4) is 11.1 Å². The van der Waals surface area contributed by atoms with Gasteiger partial charge in [0.2, 0.25) is 0 Å². The first kappa shape index (κ1) is 28.2. The highest BCUT2D eigenvalue weighted by molar-refractivity contribution is 14.1. The highest BCUT2D eigenvalue weighted by Crippen LogP contribution is 2.54. The lowest BCUT2D eigenvalue weighted by Crippen LogP contribution is -2.41. The molecule has 0 amide bonds. The van der Waals surface area contributed by atoms with Crippen LogP contribution in [0.4, 0.5) is 0 Å². The maximum Gasteiger partial charge on any atom is 0.493 e. The fourth-order valence-electron chi connectivity index (χ4n) is 6.39. The SMILES string of the molecule is CCCCCCCCC1(CCCCCCCC)c2cc(I)ccc2-c2ccc(B3OCCCO3)cc21. The van der Waals surface area contributed by atoms with Gasteiger partial charge >= 0.3 is 7.12 Å². The van der Waals surface area contributed by atoms with E-state index in [1.54, 1.807) is 5.56 Å². The topological polar surface area (TPSA) is 18.5 Å². The minimum atomic E-state index is -0.214. The van der Waals surface area contributed by atoms with Crippen LogP contribution in [0.3, 0.4) is 0 Å². The Labute approximate surface area is 234 Å². The molecule has 0 spiro atoms. The van der Waals surface area contributed by atoms with E-state index in [4.69, 9.17) is 9.31 Å².